The molecule has 0 aromatic heterocycles. The Morgan fingerprint density at radius 2 is 1.70 bits per heavy atom. The molecule has 126 valence electrons. The minimum Gasteiger partial charge on any atom is -0.431 e. The van der Waals surface area contributed by atoms with Crippen LogP contribution in [0.25, 0.3) is 0 Å². The Labute approximate surface area is 144 Å². The summed E-state index contributed by atoms with van der Waals surface area (Å²) in [4.78, 5) is 2.25. The van der Waals surface area contributed by atoms with E-state index in [1.165, 1.54) is 0 Å². The highest BCUT2D eigenvalue weighted by Crippen LogP contribution is 2.70. The van der Waals surface area contributed by atoms with Crippen molar-refractivity contribution in [1.82, 2.24) is 9.57 Å². The van der Waals surface area contributed by atoms with Crippen LogP contribution in [-0.2, 0) is 14.0 Å². The standard InChI is InChI=1S/C15H20BrN2O4P/c16-12-1-2-14-13(11-12)15(17-3-7-20-8-4-17)23(19,22-14)18-5-9-21-10-6-18/h1-2,11,15H,3-10H2/t15-,23-/m0/s1. The van der Waals surface area contributed by atoms with Crippen LogP contribution in [0.5, 0.6) is 5.75 Å². The molecule has 0 aliphatic carbocycles. The zero-order valence-electron chi connectivity index (χ0n) is 12.8. The lowest BCUT2D eigenvalue weighted by molar-refractivity contribution is 0.0263. The van der Waals surface area contributed by atoms with Crippen LogP contribution in [0.15, 0.2) is 22.7 Å². The molecule has 0 radical (unpaired) electrons. The van der Waals surface area contributed by atoms with Gasteiger partial charge in [-0.3, -0.25) is 9.46 Å². The monoisotopic (exact) mass is 402 g/mol. The third-order valence-electron chi connectivity index (χ3n) is 4.56. The van der Waals surface area contributed by atoms with Gasteiger partial charge in [0.15, 0.2) is 0 Å². The number of morpholine rings is 2. The van der Waals surface area contributed by atoms with Gasteiger partial charge in [-0.25, -0.2) is 4.67 Å². The molecule has 3 aliphatic heterocycles. The molecular weight excluding hydrogens is 383 g/mol. The van der Waals surface area contributed by atoms with Crippen LogP contribution in [0.2, 0.25) is 0 Å². The maximum absolute atomic E-state index is 13.9. The van der Waals surface area contributed by atoms with Crippen molar-refractivity contribution in [3.05, 3.63) is 28.2 Å². The molecule has 1 aromatic carbocycles. The van der Waals surface area contributed by atoms with Gasteiger partial charge >= 0.3 is 7.52 Å². The highest BCUT2D eigenvalue weighted by molar-refractivity contribution is 9.10. The van der Waals surface area contributed by atoms with E-state index in [1.807, 2.05) is 22.9 Å². The van der Waals surface area contributed by atoms with Crippen LogP contribution in [-0.4, -0.2) is 62.2 Å². The van der Waals surface area contributed by atoms with Gasteiger partial charge in [0.25, 0.3) is 0 Å². The maximum atomic E-state index is 13.9. The number of fused-ring (bicyclic) bond motifs is 1. The first-order valence-corrected chi connectivity index (χ1v) is 10.4. The van der Waals surface area contributed by atoms with Crippen LogP contribution in [0.4, 0.5) is 0 Å². The first-order valence-electron chi connectivity index (χ1n) is 7.92. The number of halogens is 1. The van der Waals surface area contributed by atoms with Crippen LogP contribution in [0.1, 0.15) is 11.3 Å². The average molecular weight is 403 g/mol. The van der Waals surface area contributed by atoms with Gasteiger partial charge in [0.05, 0.1) is 26.4 Å². The number of benzene rings is 1. The summed E-state index contributed by atoms with van der Waals surface area (Å²) in [6.07, 6.45) is 0. The first-order chi connectivity index (χ1) is 11.2. The van der Waals surface area contributed by atoms with Gasteiger partial charge in [-0.05, 0) is 18.2 Å². The molecule has 6 nitrogen and oxygen atoms in total. The largest absolute Gasteiger partial charge is 0.431 e. The Bertz CT molecular complexity index is 632. The first kappa shape index (κ1) is 16.1. The molecule has 0 N–H and O–H groups in total. The summed E-state index contributed by atoms with van der Waals surface area (Å²) < 4.78 is 33.9. The van der Waals surface area contributed by atoms with Crippen molar-refractivity contribution in [2.45, 2.75) is 5.78 Å². The van der Waals surface area contributed by atoms with Crippen molar-refractivity contribution < 1.29 is 18.6 Å². The highest BCUT2D eigenvalue weighted by atomic mass is 79.9. The van der Waals surface area contributed by atoms with Crippen molar-refractivity contribution >= 4 is 23.4 Å². The SMILES string of the molecule is O=[P@]1(N2CCOCC2)Oc2ccc(Br)cc2[C@H]1N1CCOCC1. The molecule has 2 fully saturated rings. The van der Waals surface area contributed by atoms with E-state index in [0.29, 0.717) is 39.5 Å². The van der Waals surface area contributed by atoms with Gasteiger partial charge in [-0.2, -0.15) is 0 Å². The predicted octanol–water partition coefficient (Wildman–Crippen LogP) is 2.70. The van der Waals surface area contributed by atoms with E-state index in [1.54, 1.807) is 0 Å². The molecule has 0 amide bonds. The molecule has 1 aromatic rings. The minimum absolute atomic E-state index is 0.225. The van der Waals surface area contributed by atoms with Crippen molar-refractivity contribution in [3.8, 4) is 5.75 Å². The Kier molecular flexibility index (Phi) is 4.52. The smallest absolute Gasteiger partial charge is 0.340 e. The molecule has 2 saturated heterocycles. The Balaban J connectivity index is 1.74. The highest BCUT2D eigenvalue weighted by Gasteiger charge is 2.52. The summed E-state index contributed by atoms with van der Waals surface area (Å²) in [5.74, 6) is 0.511. The van der Waals surface area contributed by atoms with Crippen LogP contribution in [0.3, 0.4) is 0 Å². The molecule has 8 heteroatoms. The fourth-order valence-electron chi connectivity index (χ4n) is 3.44. The van der Waals surface area contributed by atoms with Gasteiger partial charge in [0, 0.05) is 36.2 Å². The fourth-order valence-corrected chi connectivity index (χ4v) is 6.71. The molecular formula is C15H20BrN2O4P. The molecule has 0 unspecified atom stereocenters. The summed E-state index contributed by atoms with van der Waals surface area (Å²) in [5, 5.41) is 0. The second-order valence-corrected chi connectivity index (χ2v) is 9.21. The van der Waals surface area contributed by atoms with Crippen molar-refractivity contribution in [3.63, 3.8) is 0 Å². The summed E-state index contributed by atoms with van der Waals surface area (Å²) >= 11 is 3.53. The minimum atomic E-state index is -3.02. The Morgan fingerprint density at radius 1 is 1.04 bits per heavy atom. The number of hydrogen-bond donors (Lipinski definition) is 0. The molecule has 0 spiro atoms. The van der Waals surface area contributed by atoms with E-state index in [9.17, 15) is 4.57 Å². The summed E-state index contributed by atoms with van der Waals surface area (Å²) in [5.41, 5.74) is 1.01. The van der Waals surface area contributed by atoms with Gasteiger partial charge < -0.3 is 14.0 Å². The average Bonchev–Trinajstić information content (AvgIpc) is 2.89. The van der Waals surface area contributed by atoms with Gasteiger partial charge in [0.2, 0.25) is 0 Å². The zero-order chi connectivity index (χ0) is 15.9. The molecule has 0 saturated carbocycles. The maximum Gasteiger partial charge on any atom is 0.340 e. The van der Waals surface area contributed by atoms with Gasteiger partial charge in [-0.15, -0.1) is 0 Å². The third kappa shape index (κ3) is 2.88. The number of ether oxygens (including phenoxy) is 2. The molecule has 3 aliphatic rings. The van der Waals surface area contributed by atoms with E-state index in [-0.39, 0.29) is 5.78 Å². The lowest BCUT2D eigenvalue weighted by Crippen LogP contribution is -2.42. The van der Waals surface area contributed by atoms with E-state index in [4.69, 9.17) is 14.0 Å². The summed E-state index contributed by atoms with van der Waals surface area (Å²) in [6.45, 7) is 5.38. The van der Waals surface area contributed by atoms with E-state index in [2.05, 4.69) is 20.8 Å². The van der Waals surface area contributed by atoms with Gasteiger partial charge in [0.1, 0.15) is 11.5 Å². The van der Waals surface area contributed by atoms with Crippen molar-refractivity contribution in [1.29, 1.82) is 0 Å². The zero-order valence-corrected chi connectivity index (χ0v) is 15.3. The van der Waals surface area contributed by atoms with Crippen LogP contribution in [0, 0.1) is 0 Å². The van der Waals surface area contributed by atoms with Crippen molar-refractivity contribution in [2.75, 3.05) is 52.6 Å². The lowest BCUT2D eigenvalue weighted by Gasteiger charge is -2.39. The summed E-state index contributed by atoms with van der Waals surface area (Å²) in [6, 6.07) is 5.88. The van der Waals surface area contributed by atoms with E-state index in [0.717, 1.165) is 28.9 Å². The van der Waals surface area contributed by atoms with E-state index >= 15 is 0 Å². The normalized spacial score (nSPS) is 32.5. The molecule has 2 atom stereocenters. The Morgan fingerprint density at radius 3 is 2.39 bits per heavy atom. The van der Waals surface area contributed by atoms with Crippen LogP contribution >= 0.6 is 23.4 Å². The van der Waals surface area contributed by atoms with E-state index < -0.39 is 7.52 Å². The lowest BCUT2D eigenvalue weighted by atomic mass is 10.2. The second-order valence-electron chi connectivity index (χ2n) is 5.93. The van der Waals surface area contributed by atoms with Gasteiger partial charge in [-0.1, -0.05) is 15.9 Å². The quantitative estimate of drug-likeness (QED) is 0.708. The van der Waals surface area contributed by atoms with Crippen LogP contribution < -0.4 is 4.52 Å². The molecule has 3 heterocycles. The predicted molar refractivity (Wildman–Crippen MR) is 89.9 cm³/mol. The Hall–Kier alpha value is -0.430. The molecule has 23 heavy (non-hydrogen) atoms. The summed E-state index contributed by atoms with van der Waals surface area (Å²) in [7, 11) is -3.02. The van der Waals surface area contributed by atoms with Crippen molar-refractivity contribution in [2.24, 2.45) is 0 Å². The number of hydrogen-bond acceptors (Lipinski definition) is 5. The fraction of sp³-hybridized carbons (Fsp3) is 0.600. The number of nitrogens with zero attached hydrogens (tertiary/aromatic N) is 2. The number of rotatable bonds is 2. The topological polar surface area (TPSA) is 51.2 Å². The third-order valence-corrected chi connectivity index (χ3v) is 7.92. The molecule has 4 rings (SSSR count). The molecule has 0 bridgehead atoms. The second kappa shape index (κ2) is 6.47.